The Morgan fingerprint density at radius 3 is 2.49 bits per heavy atom. The maximum absolute atomic E-state index is 15.0. The van der Waals surface area contributed by atoms with E-state index in [0.717, 1.165) is 37.9 Å². The molecule has 17 nitrogen and oxygen atoms in total. The number of hydrogen-bond acceptors (Lipinski definition) is 13. The number of sulfone groups is 1. The van der Waals surface area contributed by atoms with Gasteiger partial charge in [-0.1, -0.05) is 33.7 Å². The van der Waals surface area contributed by atoms with E-state index in [0.29, 0.717) is 72.7 Å². The Bertz CT molecular complexity index is 2470. The molecule has 3 aliphatic heterocycles. The van der Waals surface area contributed by atoms with Crippen LogP contribution < -0.4 is 20.8 Å². The number of likely N-dealkylation sites (tertiary alicyclic amines) is 1. The van der Waals surface area contributed by atoms with Gasteiger partial charge in [0.25, 0.3) is 0 Å². The van der Waals surface area contributed by atoms with Gasteiger partial charge >= 0.3 is 12.0 Å². The lowest BCUT2D eigenvalue weighted by Crippen LogP contribution is -2.55. The Morgan fingerprint density at radius 2 is 1.76 bits per heavy atom. The number of rotatable bonds is 19. The number of fused-ring (bicyclic) bond motifs is 1. The van der Waals surface area contributed by atoms with Crippen molar-refractivity contribution < 1.29 is 46.6 Å². The highest BCUT2D eigenvalue weighted by atomic mass is 33.1. The molecule has 3 aromatic rings. The molecule has 5 amide bonds. The lowest BCUT2D eigenvalue weighted by molar-refractivity contribution is -0.137. The topological polar surface area (TPSA) is 220 Å². The largest absolute Gasteiger partial charge is 0.494 e. The van der Waals surface area contributed by atoms with Crippen molar-refractivity contribution >= 4 is 72.5 Å². The van der Waals surface area contributed by atoms with E-state index >= 15 is 4.39 Å². The molecule has 3 fully saturated rings. The summed E-state index contributed by atoms with van der Waals surface area (Å²) in [6.07, 6.45) is 6.67. The summed E-state index contributed by atoms with van der Waals surface area (Å²) in [4.78, 5) is 72.9. The summed E-state index contributed by atoms with van der Waals surface area (Å²) >= 11 is 0. The molecule has 1 aromatic heterocycles. The van der Waals surface area contributed by atoms with Crippen LogP contribution in [-0.2, 0) is 35.6 Å². The summed E-state index contributed by atoms with van der Waals surface area (Å²) in [6.45, 7) is 7.96. The fraction of sp³-hybridized carbons (Fsp3) is 0.511. The number of amides is 5. The van der Waals surface area contributed by atoms with Gasteiger partial charge in [-0.15, -0.1) is 0 Å². The molecule has 21 heteroatoms. The first-order chi connectivity index (χ1) is 32.5. The van der Waals surface area contributed by atoms with Gasteiger partial charge in [0.05, 0.1) is 23.0 Å². The Kier molecular flexibility index (Phi) is 17.1. The molecule has 7 rings (SSSR count). The zero-order valence-corrected chi connectivity index (χ0v) is 40.7. The van der Waals surface area contributed by atoms with E-state index in [1.165, 1.54) is 33.7 Å². The zero-order chi connectivity index (χ0) is 48.4. The number of ether oxygens (including phenoxy) is 1. The highest BCUT2D eigenvalue weighted by Crippen LogP contribution is 2.47. The van der Waals surface area contributed by atoms with E-state index in [4.69, 9.17) is 9.84 Å². The fourth-order valence-electron chi connectivity index (χ4n) is 8.67. The number of carboxylic acid groups (broad SMARTS) is 1. The van der Waals surface area contributed by atoms with Gasteiger partial charge in [0.1, 0.15) is 11.6 Å². The number of carbonyl (C=O) groups excluding carboxylic acids is 4. The van der Waals surface area contributed by atoms with Gasteiger partial charge < -0.3 is 30.3 Å². The molecule has 0 bridgehead atoms. The minimum atomic E-state index is -3.59. The van der Waals surface area contributed by atoms with Crippen LogP contribution in [0, 0.1) is 11.7 Å². The van der Waals surface area contributed by atoms with Crippen LogP contribution >= 0.6 is 21.6 Å². The first-order valence-corrected chi connectivity index (χ1v) is 26.9. The normalized spacial score (nSPS) is 20.0. The molecule has 0 spiro atoms. The number of hydrazone groups is 1. The number of nitrogens with one attached hydrogen (secondary N) is 3. The summed E-state index contributed by atoms with van der Waals surface area (Å²) in [5, 5.41) is 18.8. The van der Waals surface area contributed by atoms with Crippen LogP contribution in [0.2, 0.25) is 0 Å². The number of aliphatic carboxylic acids is 1. The van der Waals surface area contributed by atoms with Crippen LogP contribution in [0.4, 0.5) is 14.9 Å². The standard InChI is InChI=1S/C47H59FN8O9S3/c1-47(2,28-42(57)53-52-40-14-24-68(63,64)41-26-35(9-10-36(40)41)65-22-4-6-44(59)60)67-66-23-13-43(58)55-20-18-54(19-21-55)34-11-16-56(17-12-34)46(62)50-30-32-7-8-33(25-39(32)48)51-45(61)38-27-37(38)31-5-3-15-49-29-31/h3,5,7-10,15,25-26,29,34,37-38H,4,6,11-14,16-24,27-28,30H2,1-2H3,(H,50,62)(H,51,61)(H,53,57)(H,59,60)/b52-40+/t37-,38+/m1/s1. The van der Waals surface area contributed by atoms with Gasteiger partial charge in [0, 0.05) is 123 Å². The number of nitrogens with zero attached hydrogens (tertiary/aromatic N) is 5. The van der Waals surface area contributed by atoms with Crippen molar-refractivity contribution in [2.45, 2.75) is 93.4 Å². The van der Waals surface area contributed by atoms with Crippen molar-refractivity contribution in [2.24, 2.45) is 11.0 Å². The Labute approximate surface area is 404 Å². The number of halogens is 1. The summed E-state index contributed by atoms with van der Waals surface area (Å²) in [5.74, 6) is -1.15. The van der Waals surface area contributed by atoms with Gasteiger partial charge in [0.2, 0.25) is 17.7 Å². The van der Waals surface area contributed by atoms with Gasteiger partial charge in [-0.2, -0.15) is 5.10 Å². The fourth-order valence-corrected chi connectivity index (χ4v) is 12.7. The summed E-state index contributed by atoms with van der Waals surface area (Å²) in [5.41, 5.74) is 5.15. The van der Waals surface area contributed by atoms with Crippen molar-refractivity contribution in [1.29, 1.82) is 0 Å². The molecule has 0 unspecified atom stereocenters. The molecule has 4 N–H and O–H groups in total. The average Bonchev–Trinajstić information content (AvgIpc) is 4.13. The first kappa shape index (κ1) is 50.6. The second kappa shape index (κ2) is 22.9. The number of carboxylic acids is 1. The van der Waals surface area contributed by atoms with Gasteiger partial charge in [-0.05, 0) is 87.4 Å². The Morgan fingerprint density at radius 1 is 0.985 bits per heavy atom. The molecule has 0 radical (unpaired) electrons. The first-order valence-electron chi connectivity index (χ1n) is 23.0. The monoisotopic (exact) mass is 994 g/mol. The molecular weight excluding hydrogens is 936 g/mol. The van der Waals surface area contributed by atoms with Crippen molar-refractivity contribution in [1.82, 2.24) is 30.4 Å². The predicted molar refractivity (Wildman–Crippen MR) is 259 cm³/mol. The Balaban J connectivity index is 0.753. The van der Waals surface area contributed by atoms with E-state index in [1.54, 1.807) is 41.6 Å². The second-order valence-electron chi connectivity index (χ2n) is 18.1. The van der Waals surface area contributed by atoms with E-state index in [-0.39, 0.29) is 85.1 Å². The lowest BCUT2D eigenvalue weighted by Gasteiger charge is -2.42. The van der Waals surface area contributed by atoms with Crippen molar-refractivity contribution in [3.05, 3.63) is 83.4 Å². The number of urea groups is 1. The number of benzene rings is 2. The zero-order valence-electron chi connectivity index (χ0n) is 38.3. The third-order valence-corrected chi connectivity index (χ3v) is 17.6. The van der Waals surface area contributed by atoms with Crippen LogP contribution in [0.15, 0.2) is 70.9 Å². The van der Waals surface area contributed by atoms with Crippen LogP contribution in [0.1, 0.15) is 87.8 Å². The minimum Gasteiger partial charge on any atom is -0.494 e. The lowest BCUT2D eigenvalue weighted by atomic mass is 10.0. The third kappa shape index (κ3) is 13.9. The molecule has 4 heterocycles. The average molecular weight is 995 g/mol. The molecular formula is C47H59FN8O9S3. The maximum atomic E-state index is 15.0. The van der Waals surface area contributed by atoms with E-state index < -0.39 is 26.4 Å². The number of piperazine rings is 1. The molecule has 1 aliphatic carbocycles. The quantitative estimate of drug-likeness (QED) is 0.0648. The number of aromatic nitrogens is 1. The van der Waals surface area contributed by atoms with E-state index in [1.807, 2.05) is 30.9 Å². The number of anilines is 1. The molecule has 2 atom stereocenters. The predicted octanol–water partition coefficient (Wildman–Crippen LogP) is 5.66. The summed E-state index contributed by atoms with van der Waals surface area (Å²) < 4.78 is 45.8. The molecule has 2 saturated heterocycles. The highest BCUT2D eigenvalue weighted by molar-refractivity contribution is 8.77. The third-order valence-electron chi connectivity index (χ3n) is 12.5. The number of carbonyl (C=O) groups is 5. The Hall–Kier alpha value is -5.25. The number of piperidine rings is 1. The van der Waals surface area contributed by atoms with E-state index in [9.17, 15) is 32.4 Å². The van der Waals surface area contributed by atoms with Crippen LogP contribution in [0.5, 0.6) is 5.75 Å². The van der Waals surface area contributed by atoms with Crippen molar-refractivity contribution in [3.8, 4) is 5.75 Å². The van der Waals surface area contributed by atoms with Crippen LogP contribution in [0.3, 0.4) is 0 Å². The van der Waals surface area contributed by atoms with Gasteiger partial charge in [0.15, 0.2) is 9.84 Å². The molecule has 4 aliphatic rings. The highest BCUT2D eigenvalue weighted by Gasteiger charge is 2.44. The van der Waals surface area contributed by atoms with Crippen LogP contribution in [0.25, 0.3) is 0 Å². The summed E-state index contributed by atoms with van der Waals surface area (Å²) in [7, 11) is -0.532. The number of hydrogen-bond donors (Lipinski definition) is 4. The van der Waals surface area contributed by atoms with Gasteiger partial charge in [-0.3, -0.25) is 29.1 Å². The number of pyridine rings is 1. The van der Waals surface area contributed by atoms with Gasteiger partial charge in [-0.25, -0.2) is 23.0 Å². The SMILES string of the molecule is CC(C)(CC(=O)N/N=C1\CCS(=O)(=O)c2cc(OCCCC(=O)O)ccc21)SSCCC(=O)N1CCN(C2CCN(C(=O)NCc3ccc(NC(=O)[C@H]4C[C@@H]4c4cccnc4)cc3F)CC2)CC1. The second-order valence-corrected chi connectivity index (χ2v) is 23.3. The van der Waals surface area contributed by atoms with Crippen molar-refractivity contribution in [3.63, 3.8) is 0 Å². The molecule has 1 saturated carbocycles. The maximum Gasteiger partial charge on any atom is 0.317 e. The van der Waals surface area contributed by atoms with Crippen LogP contribution in [-0.4, -0.2) is 137 Å². The summed E-state index contributed by atoms with van der Waals surface area (Å²) in [6, 6.07) is 13.0. The molecule has 366 valence electrons. The van der Waals surface area contributed by atoms with Crippen molar-refractivity contribution in [2.75, 3.05) is 62.7 Å². The molecule has 68 heavy (non-hydrogen) atoms. The minimum absolute atomic E-state index is 0.0270. The molecule has 2 aromatic carbocycles. The smallest absolute Gasteiger partial charge is 0.317 e. The van der Waals surface area contributed by atoms with E-state index in [2.05, 4.69) is 31.0 Å².